The standard InChI is InChI=1S/8C5H12.2C4H10O/c10*1-3-5-4-2/h8*3-5H2,1-2H3;2*3-4H2,1-2H3. The Morgan fingerprint density at radius 2 is 0.240 bits per heavy atom. The lowest BCUT2D eigenvalue weighted by Crippen LogP contribution is -1.84. The molecule has 0 N–H and O–H groups in total. The second kappa shape index (κ2) is 125. The minimum atomic E-state index is 0.844. The molecule has 50 heavy (non-hydrogen) atoms. The van der Waals surface area contributed by atoms with Crippen LogP contribution < -0.4 is 0 Å². The van der Waals surface area contributed by atoms with Crippen LogP contribution in [0.25, 0.3) is 0 Å². The van der Waals surface area contributed by atoms with Crippen molar-refractivity contribution in [2.75, 3.05) is 26.4 Å². The van der Waals surface area contributed by atoms with E-state index >= 15 is 0 Å². The molecule has 0 aliphatic rings. The third-order valence-corrected chi connectivity index (χ3v) is 6.47. The molecule has 0 fully saturated rings. The third kappa shape index (κ3) is 266. The van der Waals surface area contributed by atoms with Crippen molar-refractivity contribution < 1.29 is 9.47 Å². The van der Waals surface area contributed by atoms with Gasteiger partial charge in [0.25, 0.3) is 0 Å². The van der Waals surface area contributed by atoms with Gasteiger partial charge in [0.1, 0.15) is 0 Å². The Balaban J connectivity index is -0.0000000444. The van der Waals surface area contributed by atoms with E-state index in [1.54, 1.807) is 0 Å². The molecule has 0 unspecified atom stereocenters. The van der Waals surface area contributed by atoms with E-state index in [1.807, 2.05) is 27.7 Å². The van der Waals surface area contributed by atoms with Crippen LogP contribution in [-0.4, -0.2) is 26.4 Å². The fourth-order valence-corrected chi connectivity index (χ4v) is 3.24. The van der Waals surface area contributed by atoms with E-state index in [-0.39, 0.29) is 0 Å². The molecule has 0 aliphatic carbocycles. The molecule has 0 saturated heterocycles. The van der Waals surface area contributed by atoms with E-state index in [2.05, 4.69) is 111 Å². The van der Waals surface area contributed by atoms with Gasteiger partial charge in [-0.05, 0) is 27.7 Å². The summed E-state index contributed by atoms with van der Waals surface area (Å²) in [5, 5.41) is 0. The van der Waals surface area contributed by atoms with E-state index in [0.29, 0.717) is 0 Å². The van der Waals surface area contributed by atoms with Gasteiger partial charge in [0.05, 0.1) is 0 Å². The van der Waals surface area contributed by atoms with Gasteiger partial charge in [-0.1, -0.05) is 265 Å². The number of rotatable bonds is 20. The first-order valence-electron chi connectivity index (χ1n) is 23.3. The van der Waals surface area contributed by atoms with Crippen LogP contribution in [0.5, 0.6) is 0 Å². The molecule has 0 radical (unpaired) electrons. The average Bonchev–Trinajstić information content (AvgIpc) is 3.11. The van der Waals surface area contributed by atoms with Gasteiger partial charge in [-0.2, -0.15) is 0 Å². The highest BCUT2D eigenvalue weighted by atomic mass is 16.5. The molecule has 2 nitrogen and oxygen atoms in total. The van der Waals surface area contributed by atoms with Crippen LogP contribution in [0.1, 0.15) is 293 Å². The normalized spacial score (nSPS) is 8.40. The van der Waals surface area contributed by atoms with Crippen LogP contribution in [0.15, 0.2) is 0 Å². The van der Waals surface area contributed by atoms with E-state index in [9.17, 15) is 0 Å². The monoisotopic (exact) mass is 725 g/mol. The molecule has 0 bridgehead atoms. The molecule has 2 heteroatoms. The van der Waals surface area contributed by atoms with Gasteiger partial charge in [-0.15, -0.1) is 0 Å². The highest BCUT2D eigenvalue weighted by Crippen LogP contribution is 1.91. The Labute approximate surface area is 327 Å². The molecule has 0 spiro atoms. The lowest BCUT2D eigenvalue weighted by Gasteiger charge is -1.86. The molecule has 0 saturated carbocycles. The summed E-state index contributed by atoms with van der Waals surface area (Å²) in [6.45, 7) is 46.7. The topological polar surface area (TPSA) is 18.5 Å². The van der Waals surface area contributed by atoms with Gasteiger partial charge >= 0.3 is 0 Å². The zero-order valence-electron chi connectivity index (χ0n) is 40.6. The summed E-state index contributed by atoms with van der Waals surface area (Å²) in [7, 11) is 0. The molecule has 0 aromatic heterocycles. The van der Waals surface area contributed by atoms with Crippen molar-refractivity contribution >= 4 is 0 Å². The molecule has 0 aromatic carbocycles. The van der Waals surface area contributed by atoms with Crippen molar-refractivity contribution in [2.24, 2.45) is 0 Å². The smallest absolute Gasteiger partial charge is 0.0437 e. The summed E-state index contributed by atoms with van der Waals surface area (Å²) < 4.78 is 9.67. The predicted molar refractivity (Wildman–Crippen MR) is 246 cm³/mol. The van der Waals surface area contributed by atoms with Crippen molar-refractivity contribution in [2.45, 2.75) is 293 Å². The maximum absolute atomic E-state index is 4.83. The quantitative estimate of drug-likeness (QED) is 0.124. The number of hydrogen-bond acceptors (Lipinski definition) is 2. The molecule has 0 amide bonds. The van der Waals surface area contributed by atoms with Gasteiger partial charge in [0, 0.05) is 26.4 Å². The maximum Gasteiger partial charge on any atom is 0.0437 e. The highest BCUT2D eigenvalue weighted by Gasteiger charge is 1.71. The summed E-state index contributed by atoms with van der Waals surface area (Å²) in [5.41, 5.74) is 0. The van der Waals surface area contributed by atoms with Gasteiger partial charge in [0.15, 0.2) is 0 Å². The zero-order valence-corrected chi connectivity index (χ0v) is 40.6. The lowest BCUT2D eigenvalue weighted by atomic mass is 10.3. The van der Waals surface area contributed by atoms with Crippen LogP contribution in [0.3, 0.4) is 0 Å². The SMILES string of the molecule is CCCCC.CCCCC.CCCCC.CCCCC.CCCCC.CCCCC.CCCCC.CCCCC.CCOCC.CCOCC. The van der Waals surface area contributed by atoms with Crippen molar-refractivity contribution in [3.05, 3.63) is 0 Å². The molecular formula is C48H116O2. The molecule has 0 rings (SSSR count). The molecule has 0 aromatic rings. The average molecular weight is 725 g/mol. The van der Waals surface area contributed by atoms with Crippen LogP contribution in [0.2, 0.25) is 0 Å². The Morgan fingerprint density at radius 1 is 0.160 bits per heavy atom. The van der Waals surface area contributed by atoms with Crippen LogP contribution in [0.4, 0.5) is 0 Å². The van der Waals surface area contributed by atoms with Crippen LogP contribution in [0, 0.1) is 0 Å². The summed E-state index contributed by atoms with van der Waals surface area (Å²) in [6.07, 6.45) is 32.6. The third-order valence-electron chi connectivity index (χ3n) is 6.47. The maximum atomic E-state index is 4.83. The molecule has 0 atom stereocenters. The lowest BCUT2D eigenvalue weighted by molar-refractivity contribution is 0.162. The minimum Gasteiger partial charge on any atom is -0.382 e. The number of ether oxygens (including phenoxy) is 2. The van der Waals surface area contributed by atoms with Crippen LogP contribution in [-0.2, 0) is 9.47 Å². The zero-order chi connectivity index (χ0) is 41.2. The predicted octanol–water partition coefficient (Wildman–Crippen LogP) is 19.7. The fraction of sp³-hybridized carbons (Fsp3) is 1.00. The van der Waals surface area contributed by atoms with Crippen molar-refractivity contribution in [3.63, 3.8) is 0 Å². The first-order chi connectivity index (χ1) is 24.1. The Kier molecular flexibility index (Phi) is 188. The van der Waals surface area contributed by atoms with Crippen molar-refractivity contribution in [1.82, 2.24) is 0 Å². The molecule has 0 aliphatic heterocycles. The van der Waals surface area contributed by atoms with Gasteiger partial charge in [-0.25, -0.2) is 0 Å². The highest BCUT2D eigenvalue weighted by molar-refractivity contribution is 4.27. The first kappa shape index (κ1) is 75.0. The fourth-order valence-electron chi connectivity index (χ4n) is 3.24. The van der Waals surface area contributed by atoms with Gasteiger partial charge in [0.2, 0.25) is 0 Å². The molecule has 320 valence electrons. The van der Waals surface area contributed by atoms with Crippen molar-refractivity contribution in [1.29, 1.82) is 0 Å². The minimum absolute atomic E-state index is 0.844. The second-order valence-corrected chi connectivity index (χ2v) is 12.4. The largest absolute Gasteiger partial charge is 0.382 e. The molecule has 0 heterocycles. The Morgan fingerprint density at radius 3 is 0.240 bits per heavy atom. The van der Waals surface area contributed by atoms with E-state index in [1.165, 1.54) is 154 Å². The second-order valence-electron chi connectivity index (χ2n) is 12.4. The first-order valence-corrected chi connectivity index (χ1v) is 23.3. The number of hydrogen-bond donors (Lipinski definition) is 0. The molecular weight excluding hydrogens is 609 g/mol. The summed E-state index contributed by atoms with van der Waals surface area (Å²) in [6, 6.07) is 0. The van der Waals surface area contributed by atoms with E-state index < -0.39 is 0 Å². The van der Waals surface area contributed by atoms with Crippen LogP contribution >= 0.6 is 0 Å². The summed E-state index contributed by atoms with van der Waals surface area (Å²) >= 11 is 0. The van der Waals surface area contributed by atoms with Gasteiger partial charge in [-0.3, -0.25) is 0 Å². The Hall–Kier alpha value is -0.0800. The summed E-state index contributed by atoms with van der Waals surface area (Å²) in [5.74, 6) is 0. The van der Waals surface area contributed by atoms with E-state index in [4.69, 9.17) is 9.47 Å². The summed E-state index contributed by atoms with van der Waals surface area (Å²) in [4.78, 5) is 0. The van der Waals surface area contributed by atoms with Gasteiger partial charge < -0.3 is 9.47 Å². The van der Waals surface area contributed by atoms with Crippen molar-refractivity contribution in [3.8, 4) is 0 Å². The van der Waals surface area contributed by atoms with E-state index in [0.717, 1.165) is 26.4 Å². The Bertz CT molecular complexity index is 187. The number of unbranched alkanes of at least 4 members (excludes halogenated alkanes) is 16.